The SMILES string of the molecule is Cc1ccc(O)c(N=Cc2c(C)[nH]n([C@@H]3CCS(=O)(=O)C3)c2=O)c1. The van der Waals surface area contributed by atoms with Gasteiger partial charge in [0.05, 0.1) is 23.1 Å². The van der Waals surface area contributed by atoms with Crippen LogP contribution in [-0.4, -0.2) is 41.0 Å². The molecule has 0 spiro atoms. The van der Waals surface area contributed by atoms with E-state index in [0.717, 1.165) is 5.56 Å². The number of aliphatic imine (C=N–C) groups is 1. The van der Waals surface area contributed by atoms with Crippen molar-refractivity contribution in [1.82, 2.24) is 9.78 Å². The number of aryl methyl sites for hydroxylation is 2. The van der Waals surface area contributed by atoms with Gasteiger partial charge in [-0.2, -0.15) is 0 Å². The second kappa shape index (κ2) is 5.94. The Bertz CT molecular complexity index is 970. The summed E-state index contributed by atoms with van der Waals surface area (Å²) in [6.07, 6.45) is 1.83. The molecule has 2 N–H and O–H groups in total. The number of nitrogens with zero attached hydrogens (tertiary/aromatic N) is 2. The summed E-state index contributed by atoms with van der Waals surface area (Å²) in [7, 11) is -3.08. The summed E-state index contributed by atoms with van der Waals surface area (Å²) in [5, 5.41) is 12.8. The van der Waals surface area contributed by atoms with Crippen LogP contribution in [0.5, 0.6) is 5.75 Å². The van der Waals surface area contributed by atoms with Gasteiger partial charge in [-0.05, 0) is 38.0 Å². The lowest BCUT2D eigenvalue weighted by molar-refractivity contribution is 0.477. The van der Waals surface area contributed by atoms with E-state index in [1.807, 2.05) is 6.92 Å². The normalized spacial score (nSPS) is 20.0. The number of benzene rings is 1. The van der Waals surface area contributed by atoms with Crippen molar-refractivity contribution in [3.05, 3.63) is 45.4 Å². The molecular formula is C16H19N3O4S. The Hall–Kier alpha value is -2.35. The predicted octanol–water partition coefficient (Wildman–Crippen LogP) is 1.61. The standard InChI is InChI=1S/C16H19N3O4S/c1-10-3-4-15(20)14(7-10)17-8-13-11(2)18-19(16(13)21)12-5-6-24(22,23)9-12/h3-4,7-8,12,18,20H,5-6,9H2,1-2H3/t12-/m1/s1. The van der Waals surface area contributed by atoms with Crippen molar-refractivity contribution in [2.75, 3.05) is 11.5 Å². The molecule has 2 heterocycles. The van der Waals surface area contributed by atoms with Crippen LogP contribution >= 0.6 is 0 Å². The second-order valence-corrected chi connectivity index (χ2v) is 8.36. The molecule has 1 aliphatic rings. The summed E-state index contributed by atoms with van der Waals surface area (Å²) in [6, 6.07) is 4.67. The molecular weight excluding hydrogens is 330 g/mol. The molecule has 2 aromatic rings. The molecule has 8 heteroatoms. The average molecular weight is 349 g/mol. The van der Waals surface area contributed by atoms with E-state index in [4.69, 9.17) is 0 Å². The first-order valence-corrected chi connectivity index (χ1v) is 9.44. The zero-order valence-corrected chi connectivity index (χ0v) is 14.3. The fourth-order valence-electron chi connectivity index (χ4n) is 2.84. The van der Waals surface area contributed by atoms with Gasteiger partial charge in [0.1, 0.15) is 11.4 Å². The molecule has 1 saturated heterocycles. The van der Waals surface area contributed by atoms with Gasteiger partial charge in [-0.15, -0.1) is 0 Å². The maximum Gasteiger partial charge on any atom is 0.275 e. The van der Waals surface area contributed by atoms with E-state index in [9.17, 15) is 18.3 Å². The number of phenols is 1. The lowest BCUT2D eigenvalue weighted by Gasteiger charge is -2.07. The summed E-state index contributed by atoms with van der Waals surface area (Å²) in [5.41, 5.74) is 2.00. The first kappa shape index (κ1) is 16.5. The third-order valence-electron chi connectivity index (χ3n) is 4.18. The lowest BCUT2D eigenvalue weighted by Crippen LogP contribution is -2.25. The second-order valence-electron chi connectivity index (χ2n) is 6.13. The van der Waals surface area contributed by atoms with Crippen LogP contribution in [-0.2, 0) is 9.84 Å². The van der Waals surface area contributed by atoms with Crippen molar-refractivity contribution >= 4 is 21.7 Å². The molecule has 0 amide bonds. The van der Waals surface area contributed by atoms with Crippen molar-refractivity contribution in [2.24, 2.45) is 4.99 Å². The molecule has 128 valence electrons. The minimum atomic E-state index is -3.08. The number of phenolic OH excluding ortho intramolecular Hbond substituents is 1. The first-order chi connectivity index (χ1) is 11.3. The summed E-state index contributed by atoms with van der Waals surface area (Å²) in [5.74, 6) is 0.109. The van der Waals surface area contributed by atoms with Crippen LogP contribution in [0.4, 0.5) is 5.69 Å². The highest BCUT2D eigenvalue weighted by molar-refractivity contribution is 7.91. The first-order valence-electron chi connectivity index (χ1n) is 7.62. The number of hydrogen-bond donors (Lipinski definition) is 2. The Balaban J connectivity index is 1.94. The summed E-state index contributed by atoms with van der Waals surface area (Å²) < 4.78 is 24.6. The average Bonchev–Trinajstić information content (AvgIpc) is 3.00. The number of aromatic hydroxyl groups is 1. The van der Waals surface area contributed by atoms with Gasteiger partial charge in [-0.25, -0.2) is 13.1 Å². The number of H-pyrrole nitrogens is 1. The van der Waals surface area contributed by atoms with E-state index in [-0.39, 0.29) is 28.9 Å². The highest BCUT2D eigenvalue weighted by Crippen LogP contribution is 2.27. The van der Waals surface area contributed by atoms with Gasteiger partial charge in [-0.1, -0.05) is 6.07 Å². The quantitative estimate of drug-likeness (QED) is 0.821. The van der Waals surface area contributed by atoms with Gasteiger partial charge in [-0.3, -0.25) is 14.9 Å². The van der Waals surface area contributed by atoms with Crippen LogP contribution < -0.4 is 5.56 Å². The Morgan fingerprint density at radius 1 is 1.38 bits per heavy atom. The van der Waals surface area contributed by atoms with E-state index in [1.54, 1.807) is 25.1 Å². The number of sulfone groups is 1. The number of aromatic amines is 1. The van der Waals surface area contributed by atoms with Crippen LogP contribution in [0.1, 0.15) is 29.3 Å². The summed E-state index contributed by atoms with van der Waals surface area (Å²) >= 11 is 0. The molecule has 7 nitrogen and oxygen atoms in total. The minimum Gasteiger partial charge on any atom is -0.506 e. The molecule has 0 aliphatic carbocycles. The molecule has 0 bridgehead atoms. The van der Waals surface area contributed by atoms with E-state index >= 15 is 0 Å². The molecule has 1 atom stereocenters. The van der Waals surface area contributed by atoms with Gasteiger partial charge in [0.2, 0.25) is 0 Å². The van der Waals surface area contributed by atoms with E-state index in [0.29, 0.717) is 23.4 Å². The van der Waals surface area contributed by atoms with E-state index in [2.05, 4.69) is 10.1 Å². The van der Waals surface area contributed by atoms with Crippen molar-refractivity contribution in [3.8, 4) is 5.75 Å². The number of hydrogen-bond acceptors (Lipinski definition) is 5. The largest absolute Gasteiger partial charge is 0.506 e. The third-order valence-corrected chi connectivity index (χ3v) is 5.93. The molecule has 1 aromatic heterocycles. The molecule has 0 radical (unpaired) electrons. The summed E-state index contributed by atoms with van der Waals surface area (Å²) in [4.78, 5) is 16.7. The monoisotopic (exact) mass is 349 g/mol. The lowest BCUT2D eigenvalue weighted by atomic mass is 10.2. The number of nitrogens with one attached hydrogen (secondary N) is 1. The maximum absolute atomic E-state index is 12.5. The topological polar surface area (TPSA) is 105 Å². The Kier molecular flexibility index (Phi) is 4.08. The highest BCUT2D eigenvalue weighted by atomic mass is 32.2. The van der Waals surface area contributed by atoms with Crippen LogP contribution in [0.2, 0.25) is 0 Å². The smallest absolute Gasteiger partial charge is 0.275 e. The van der Waals surface area contributed by atoms with Gasteiger partial charge in [0.15, 0.2) is 9.84 Å². The highest BCUT2D eigenvalue weighted by Gasteiger charge is 2.31. The van der Waals surface area contributed by atoms with E-state index < -0.39 is 9.84 Å². The molecule has 1 aromatic carbocycles. The fraction of sp³-hybridized carbons (Fsp3) is 0.375. The summed E-state index contributed by atoms with van der Waals surface area (Å²) in [6.45, 7) is 3.62. The molecule has 1 aliphatic heterocycles. The Morgan fingerprint density at radius 3 is 2.79 bits per heavy atom. The van der Waals surface area contributed by atoms with Gasteiger partial charge >= 0.3 is 0 Å². The van der Waals surface area contributed by atoms with Crippen LogP contribution in [0.25, 0.3) is 0 Å². The zero-order valence-electron chi connectivity index (χ0n) is 13.5. The Morgan fingerprint density at radius 2 is 2.12 bits per heavy atom. The molecule has 0 saturated carbocycles. The minimum absolute atomic E-state index is 0.0257. The van der Waals surface area contributed by atoms with Crippen molar-refractivity contribution in [3.63, 3.8) is 0 Å². The number of rotatable bonds is 3. The molecule has 3 rings (SSSR count). The van der Waals surface area contributed by atoms with Gasteiger partial charge < -0.3 is 5.11 Å². The van der Waals surface area contributed by atoms with Crippen molar-refractivity contribution in [2.45, 2.75) is 26.3 Å². The van der Waals surface area contributed by atoms with Crippen molar-refractivity contribution in [1.29, 1.82) is 0 Å². The van der Waals surface area contributed by atoms with Crippen LogP contribution in [0.15, 0.2) is 28.0 Å². The zero-order chi connectivity index (χ0) is 17.5. The van der Waals surface area contributed by atoms with Crippen molar-refractivity contribution < 1.29 is 13.5 Å². The molecule has 24 heavy (non-hydrogen) atoms. The Labute approximate surface area is 139 Å². The van der Waals surface area contributed by atoms with Crippen LogP contribution in [0, 0.1) is 13.8 Å². The van der Waals surface area contributed by atoms with Gasteiger partial charge in [0, 0.05) is 11.9 Å². The van der Waals surface area contributed by atoms with Crippen LogP contribution in [0.3, 0.4) is 0 Å². The molecule has 1 fully saturated rings. The van der Waals surface area contributed by atoms with E-state index in [1.165, 1.54) is 10.9 Å². The fourth-order valence-corrected chi connectivity index (χ4v) is 4.54. The third kappa shape index (κ3) is 3.14. The maximum atomic E-state index is 12.5. The number of aromatic nitrogens is 2. The predicted molar refractivity (Wildman–Crippen MR) is 92.2 cm³/mol. The molecule has 0 unspecified atom stereocenters. The van der Waals surface area contributed by atoms with Gasteiger partial charge in [0.25, 0.3) is 5.56 Å².